The average Bonchev–Trinajstić information content (AvgIpc) is 2.66. The summed E-state index contributed by atoms with van der Waals surface area (Å²) in [5, 5.41) is 6.69. The van der Waals surface area contributed by atoms with Gasteiger partial charge in [0.2, 0.25) is 0 Å². The number of rotatable bonds is 7. The van der Waals surface area contributed by atoms with Crippen LogP contribution < -0.4 is 10.6 Å². The molecule has 0 saturated heterocycles. The SMILES string of the molecule is O=C(Nc1cccc(Cl)c1)c1ccnc(NCCCc2ccccc2)c1. The van der Waals surface area contributed by atoms with Crippen LogP contribution in [0.1, 0.15) is 22.3 Å². The number of halogens is 1. The van der Waals surface area contributed by atoms with E-state index in [1.807, 2.05) is 18.2 Å². The maximum absolute atomic E-state index is 12.4. The quantitative estimate of drug-likeness (QED) is 0.577. The van der Waals surface area contributed by atoms with Gasteiger partial charge in [0.1, 0.15) is 5.82 Å². The van der Waals surface area contributed by atoms with E-state index in [-0.39, 0.29) is 5.91 Å². The van der Waals surface area contributed by atoms with E-state index in [1.54, 1.807) is 42.6 Å². The second-order valence-electron chi connectivity index (χ2n) is 5.91. The molecule has 3 rings (SSSR count). The standard InChI is InChI=1S/C21H20ClN3O/c22-18-9-4-10-19(15-18)25-21(26)17-11-13-24-20(14-17)23-12-5-8-16-6-2-1-3-7-16/h1-4,6-7,9-11,13-15H,5,8,12H2,(H,23,24)(H,25,26). The summed E-state index contributed by atoms with van der Waals surface area (Å²) in [7, 11) is 0. The molecule has 132 valence electrons. The van der Waals surface area contributed by atoms with Crippen LogP contribution in [0, 0.1) is 0 Å². The fourth-order valence-electron chi connectivity index (χ4n) is 2.59. The van der Waals surface area contributed by atoms with Gasteiger partial charge in [-0.25, -0.2) is 4.98 Å². The molecule has 0 radical (unpaired) electrons. The summed E-state index contributed by atoms with van der Waals surface area (Å²) in [5.74, 6) is 0.499. The predicted octanol–water partition coefficient (Wildman–Crippen LogP) is 5.03. The molecule has 0 aliphatic heterocycles. The zero-order valence-corrected chi connectivity index (χ0v) is 15.0. The Kier molecular flexibility index (Phi) is 6.23. The first kappa shape index (κ1) is 18.0. The number of amides is 1. The van der Waals surface area contributed by atoms with E-state index in [1.165, 1.54) is 5.56 Å². The Balaban J connectivity index is 1.53. The van der Waals surface area contributed by atoms with Gasteiger partial charge in [-0.15, -0.1) is 0 Å². The van der Waals surface area contributed by atoms with Gasteiger partial charge in [0.15, 0.2) is 0 Å². The molecular weight excluding hydrogens is 346 g/mol. The number of hydrogen-bond donors (Lipinski definition) is 2. The van der Waals surface area contributed by atoms with E-state index in [0.717, 1.165) is 19.4 Å². The van der Waals surface area contributed by atoms with Gasteiger partial charge >= 0.3 is 0 Å². The number of aromatic nitrogens is 1. The van der Waals surface area contributed by atoms with Crippen LogP contribution in [0.4, 0.5) is 11.5 Å². The Morgan fingerprint density at radius 2 is 1.85 bits per heavy atom. The Bertz CT molecular complexity index is 868. The van der Waals surface area contributed by atoms with Crippen molar-refractivity contribution in [3.8, 4) is 0 Å². The molecule has 0 bridgehead atoms. The molecule has 0 spiro atoms. The number of anilines is 2. The predicted molar refractivity (Wildman–Crippen MR) is 107 cm³/mol. The molecule has 0 atom stereocenters. The fourth-order valence-corrected chi connectivity index (χ4v) is 2.78. The molecule has 1 amide bonds. The lowest BCUT2D eigenvalue weighted by molar-refractivity contribution is 0.102. The number of nitrogens with one attached hydrogen (secondary N) is 2. The highest BCUT2D eigenvalue weighted by Crippen LogP contribution is 2.16. The van der Waals surface area contributed by atoms with Gasteiger partial charge in [0.25, 0.3) is 5.91 Å². The third-order valence-electron chi connectivity index (χ3n) is 3.90. The van der Waals surface area contributed by atoms with Crippen LogP contribution in [-0.4, -0.2) is 17.4 Å². The number of pyridine rings is 1. The number of hydrogen-bond acceptors (Lipinski definition) is 3. The second-order valence-corrected chi connectivity index (χ2v) is 6.35. The van der Waals surface area contributed by atoms with Crippen LogP contribution in [0.15, 0.2) is 72.9 Å². The lowest BCUT2D eigenvalue weighted by Gasteiger charge is -2.09. The summed E-state index contributed by atoms with van der Waals surface area (Å²) in [4.78, 5) is 16.7. The van der Waals surface area contributed by atoms with Crippen LogP contribution in [0.25, 0.3) is 0 Å². The first-order valence-electron chi connectivity index (χ1n) is 8.51. The van der Waals surface area contributed by atoms with Crippen LogP contribution in [-0.2, 0) is 6.42 Å². The van der Waals surface area contributed by atoms with Gasteiger partial charge in [0, 0.05) is 29.0 Å². The van der Waals surface area contributed by atoms with Gasteiger partial charge in [0.05, 0.1) is 0 Å². The molecule has 4 nitrogen and oxygen atoms in total. The molecule has 0 unspecified atom stereocenters. The monoisotopic (exact) mass is 365 g/mol. The van der Waals surface area contributed by atoms with E-state index in [0.29, 0.717) is 22.1 Å². The van der Waals surface area contributed by atoms with Crippen molar-refractivity contribution < 1.29 is 4.79 Å². The summed E-state index contributed by atoms with van der Waals surface area (Å²) >= 11 is 5.94. The van der Waals surface area contributed by atoms with Gasteiger partial charge in [-0.1, -0.05) is 48.0 Å². The topological polar surface area (TPSA) is 54.0 Å². The zero-order valence-electron chi connectivity index (χ0n) is 14.3. The summed E-state index contributed by atoms with van der Waals surface area (Å²) in [6.07, 6.45) is 3.62. The number of benzene rings is 2. The van der Waals surface area contributed by atoms with Gasteiger partial charge in [-0.2, -0.15) is 0 Å². The molecule has 1 heterocycles. The molecule has 2 N–H and O–H groups in total. The molecule has 5 heteroatoms. The van der Waals surface area contributed by atoms with E-state index in [9.17, 15) is 4.79 Å². The normalized spacial score (nSPS) is 10.3. The van der Waals surface area contributed by atoms with Crippen LogP contribution in [0.3, 0.4) is 0 Å². The van der Waals surface area contributed by atoms with Gasteiger partial charge < -0.3 is 10.6 Å². The minimum atomic E-state index is -0.193. The largest absolute Gasteiger partial charge is 0.370 e. The van der Waals surface area contributed by atoms with Crippen molar-refractivity contribution in [3.63, 3.8) is 0 Å². The number of carbonyl (C=O) groups is 1. The van der Waals surface area contributed by atoms with Crippen molar-refractivity contribution in [2.75, 3.05) is 17.2 Å². The number of aryl methyl sites for hydroxylation is 1. The zero-order chi connectivity index (χ0) is 18.2. The summed E-state index contributed by atoms with van der Waals surface area (Å²) in [6.45, 7) is 0.793. The smallest absolute Gasteiger partial charge is 0.255 e. The number of nitrogens with zero attached hydrogens (tertiary/aromatic N) is 1. The van der Waals surface area contributed by atoms with Crippen molar-refractivity contribution in [1.82, 2.24) is 4.98 Å². The third kappa shape index (κ3) is 5.33. The molecule has 1 aromatic heterocycles. The Morgan fingerprint density at radius 1 is 1.00 bits per heavy atom. The van der Waals surface area contributed by atoms with Crippen LogP contribution in [0.5, 0.6) is 0 Å². The van der Waals surface area contributed by atoms with Crippen molar-refractivity contribution in [3.05, 3.63) is 89.1 Å². The van der Waals surface area contributed by atoms with E-state index in [2.05, 4.69) is 27.8 Å². The lowest BCUT2D eigenvalue weighted by atomic mass is 10.1. The van der Waals surface area contributed by atoms with Crippen molar-refractivity contribution in [2.24, 2.45) is 0 Å². The van der Waals surface area contributed by atoms with Crippen LogP contribution >= 0.6 is 11.6 Å². The maximum atomic E-state index is 12.4. The maximum Gasteiger partial charge on any atom is 0.255 e. The fraction of sp³-hybridized carbons (Fsp3) is 0.143. The van der Waals surface area contributed by atoms with Crippen LogP contribution in [0.2, 0.25) is 5.02 Å². The molecule has 0 aliphatic carbocycles. The lowest BCUT2D eigenvalue weighted by Crippen LogP contribution is -2.13. The third-order valence-corrected chi connectivity index (χ3v) is 4.13. The highest BCUT2D eigenvalue weighted by atomic mass is 35.5. The highest BCUT2D eigenvalue weighted by molar-refractivity contribution is 6.30. The first-order chi connectivity index (χ1) is 12.7. The van der Waals surface area contributed by atoms with Crippen molar-refractivity contribution in [1.29, 1.82) is 0 Å². The second kappa shape index (κ2) is 9.02. The van der Waals surface area contributed by atoms with Gasteiger partial charge in [-0.05, 0) is 48.7 Å². The summed E-state index contributed by atoms with van der Waals surface area (Å²) < 4.78 is 0. The molecule has 2 aromatic carbocycles. The van der Waals surface area contributed by atoms with Gasteiger partial charge in [-0.3, -0.25) is 4.79 Å². The first-order valence-corrected chi connectivity index (χ1v) is 8.89. The Morgan fingerprint density at radius 3 is 2.65 bits per heavy atom. The van der Waals surface area contributed by atoms with E-state index < -0.39 is 0 Å². The highest BCUT2D eigenvalue weighted by Gasteiger charge is 2.07. The molecule has 0 fully saturated rings. The van der Waals surface area contributed by atoms with Crippen molar-refractivity contribution >= 4 is 29.0 Å². The molecule has 0 aliphatic rings. The summed E-state index contributed by atoms with van der Waals surface area (Å²) in [6, 6.07) is 20.9. The van der Waals surface area contributed by atoms with Crippen molar-refractivity contribution in [2.45, 2.75) is 12.8 Å². The molecular formula is C21H20ClN3O. The van der Waals surface area contributed by atoms with E-state index in [4.69, 9.17) is 11.6 Å². The molecule has 3 aromatic rings. The summed E-state index contributed by atoms with van der Waals surface area (Å²) in [5.41, 5.74) is 2.53. The van der Waals surface area contributed by atoms with E-state index >= 15 is 0 Å². The minimum absolute atomic E-state index is 0.193. The minimum Gasteiger partial charge on any atom is -0.370 e. The number of carbonyl (C=O) groups excluding carboxylic acids is 1. The molecule has 26 heavy (non-hydrogen) atoms. The Labute approximate surface area is 158 Å². The molecule has 0 saturated carbocycles. The average molecular weight is 366 g/mol. The Hall–Kier alpha value is -2.85.